The van der Waals surface area contributed by atoms with Gasteiger partial charge in [-0.25, -0.2) is 9.80 Å². The molecule has 1 aromatic carbocycles. The second-order valence-corrected chi connectivity index (χ2v) is 6.47. The van der Waals surface area contributed by atoms with Crippen LogP contribution in [0, 0.1) is 0 Å². The summed E-state index contributed by atoms with van der Waals surface area (Å²) in [5.41, 5.74) is -1.02. The van der Waals surface area contributed by atoms with Gasteiger partial charge in [-0.2, -0.15) is 5.10 Å². The van der Waals surface area contributed by atoms with Crippen LogP contribution in [0.25, 0.3) is 0 Å². The third-order valence-corrected chi connectivity index (χ3v) is 4.76. The van der Waals surface area contributed by atoms with E-state index in [4.69, 9.17) is 4.74 Å². The van der Waals surface area contributed by atoms with Gasteiger partial charge in [-0.1, -0.05) is 18.2 Å². The van der Waals surface area contributed by atoms with Gasteiger partial charge in [-0.3, -0.25) is 9.59 Å². The van der Waals surface area contributed by atoms with E-state index in [1.807, 2.05) is 6.07 Å². The zero-order valence-corrected chi connectivity index (χ0v) is 14.6. The normalized spacial score (nSPS) is 19.7. The van der Waals surface area contributed by atoms with Crippen LogP contribution in [0.2, 0.25) is 0 Å². The summed E-state index contributed by atoms with van der Waals surface area (Å²) in [4.78, 5) is 37.5. The molecule has 3 rings (SSSR count). The number of hydrogen-bond donors (Lipinski definition) is 1. The molecular formula is C18H21N3O5. The van der Waals surface area contributed by atoms with Gasteiger partial charge >= 0.3 is 5.97 Å². The minimum Gasteiger partial charge on any atom is -0.478 e. The van der Waals surface area contributed by atoms with Crippen LogP contribution in [0.3, 0.4) is 0 Å². The minimum atomic E-state index is -1.35. The lowest BCUT2D eigenvalue weighted by molar-refractivity contribution is -0.161. The van der Waals surface area contributed by atoms with Crippen molar-refractivity contribution in [3.05, 3.63) is 30.3 Å². The molecule has 1 saturated heterocycles. The molecule has 0 radical (unpaired) electrons. The van der Waals surface area contributed by atoms with Crippen molar-refractivity contribution in [3.63, 3.8) is 0 Å². The smallest absolute Gasteiger partial charge is 0.348 e. The summed E-state index contributed by atoms with van der Waals surface area (Å²) in [6.07, 6.45) is 0.935. The fourth-order valence-corrected chi connectivity index (χ4v) is 3.15. The molecule has 1 aromatic rings. The predicted molar refractivity (Wildman–Crippen MR) is 92.7 cm³/mol. The van der Waals surface area contributed by atoms with E-state index in [1.54, 1.807) is 29.2 Å². The highest BCUT2D eigenvalue weighted by Crippen LogP contribution is 2.29. The van der Waals surface area contributed by atoms with E-state index in [9.17, 15) is 19.5 Å². The van der Waals surface area contributed by atoms with Crippen LogP contribution in [0.4, 0.5) is 0 Å². The number of hydrazone groups is 1. The molecule has 138 valence electrons. The van der Waals surface area contributed by atoms with E-state index in [2.05, 4.69) is 5.10 Å². The molecule has 0 bridgehead atoms. The molecule has 1 N–H and O–H groups in total. The monoisotopic (exact) mass is 359 g/mol. The van der Waals surface area contributed by atoms with Crippen LogP contribution in [0.5, 0.6) is 5.75 Å². The zero-order chi connectivity index (χ0) is 18.7. The van der Waals surface area contributed by atoms with Gasteiger partial charge in [-0.05, 0) is 12.1 Å². The summed E-state index contributed by atoms with van der Waals surface area (Å²) in [6, 6.07) is 8.82. The molecule has 1 fully saturated rings. The Morgan fingerprint density at radius 1 is 1.15 bits per heavy atom. The lowest BCUT2D eigenvalue weighted by Gasteiger charge is -2.39. The van der Waals surface area contributed by atoms with E-state index >= 15 is 0 Å². The van der Waals surface area contributed by atoms with Crippen molar-refractivity contribution in [1.29, 1.82) is 0 Å². The van der Waals surface area contributed by atoms with E-state index in [0.717, 1.165) is 0 Å². The quantitative estimate of drug-likeness (QED) is 0.868. The number of carbonyl (C=O) groups excluding carboxylic acids is 2. The first-order chi connectivity index (χ1) is 12.4. The molecule has 2 aliphatic heterocycles. The topological polar surface area (TPSA) is 99.5 Å². The highest BCUT2D eigenvalue weighted by atomic mass is 16.5. The summed E-state index contributed by atoms with van der Waals surface area (Å²) in [5, 5.41) is 14.9. The van der Waals surface area contributed by atoms with Crippen LogP contribution in [-0.2, 0) is 14.4 Å². The van der Waals surface area contributed by atoms with Gasteiger partial charge in [0.2, 0.25) is 11.5 Å². The lowest BCUT2D eigenvalue weighted by atomic mass is 9.90. The van der Waals surface area contributed by atoms with Crippen LogP contribution < -0.4 is 4.74 Å². The Bertz CT molecular complexity index is 738. The fourth-order valence-electron chi connectivity index (χ4n) is 3.15. The minimum absolute atomic E-state index is 0.124. The van der Waals surface area contributed by atoms with Crippen molar-refractivity contribution in [1.82, 2.24) is 9.91 Å². The predicted octanol–water partition coefficient (Wildman–Crippen LogP) is 1.12. The van der Waals surface area contributed by atoms with Crippen molar-refractivity contribution >= 4 is 23.5 Å². The van der Waals surface area contributed by atoms with Gasteiger partial charge in [0.1, 0.15) is 11.5 Å². The lowest BCUT2D eigenvalue weighted by Crippen LogP contribution is -2.55. The number of amides is 2. The number of rotatable bonds is 4. The Kier molecular flexibility index (Phi) is 4.92. The second kappa shape index (κ2) is 7.15. The number of carboxylic acids is 1. The van der Waals surface area contributed by atoms with Gasteiger partial charge < -0.3 is 14.7 Å². The Morgan fingerprint density at radius 3 is 2.38 bits per heavy atom. The highest BCUT2D eigenvalue weighted by molar-refractivity contribution is 6.39. The first kappa shape index (κ1) is 17.9. The van der Waals surface area contributed by atoms with E-state index in [1.165, 1.54) is 12.1 Å². The second-order valence-electron chi connectivity index (χ2n) is 6.47. The zero-order valence-electron chi connectivity index (χ0n) is 14.6. The maximum absolute atomic E-state index is 12.6. The van der Waals surface area contributed by atoms with Crippen LogP contribution in [0.15, 0.2) is 35.4 Å². The first-order valence-corrected chi connectivity index (χ1v) is 8.52. The number of carbonyl (C=O) groups is 3. The summed E-state index contributed by atoms with van der Waals surface area (Å²) in [7, 11) is 1.52. The Balaban J connectivity index is 1.68. The van der Waals surface area contributed by atoms with Crippen LogP contribution >= 0.6 is 0 Å². The molecule has 0 unspecified atom stereocenters. The van der Waals surface area contributed by atoms with Crippen molar-refractivity contribution in [3.8, 4) is 5.75 Å². The van der Waals surface area contributed by atoms with Crippen LogP contribution in [0.1, 0.15) is 25.7 Å². The molecule has 2 amide bonds. The molecular weight excluding hydrogens is 338 g/mol. The SMILES string of the molecule is CN1N=C(C(=O)N2CCC(Oc3ccccc3)(C(=O)O)CC2)CCC1=O. The molecule has 2 aliphatic rings. The van der Waals surface area contributed by atoms with Crippen molar-refractivity contribution < 1.29 is 24.2 Å². The maximum Gasteiger partial charge on any atom is 0.348 e. The maximum atomic E-state index is 12.6. The van der Waals surface area contributed by atoms with Crippen molar-refractivity contribution in [2.45, 2.75) is 31.3 Å². The summed E-state index contributed by atoms with van der Waals surface area (Å²) in [5.74, 6) is -0.912. The third-order valence-electron chi connectivity index (χ3n) is 4.76. The average molecular weight is 359 g/mol. The van der Waals surface area contributed by atoms with Crippen LogP contribution in [-0.4, -0.2) is 64.2 Å². The largest absolute Gasteiger partial charge is 0.478 e. The summed E-state index contributed by atoms with van der Waals surface area (Å²) in [6.45, 7) is 0.517. The number of likely N-dealkylation sites (tertiary alicyclic amines) is 1. The average Bonchev–Trinajstić information content (AvgIpc) is 2.65. The van der Waals surface area contributed by atoms with Crippen molar-refractivity contribution in [2.24, 2.45) is 5.10 Å². The standard InChI is InChI=1S/C18H21N3O5/c1-20-15(22)8-7-14(19-20)16(23)21-11-9-18(10-12-21,17(24)25)26-13-5-3-2-4-6-13/h2-6H,7-12H2,1H3,(H,24,25). The molecule has 0 aliphatic carbocycles. The molecule has 8 nitrogen and oxygen atoms in total. The van der Waals surface area contributed by atoms with Crippen molar-refractivity contribution in [2.75, 3.05) is 20.1 Å². The highest BCUT2D eigenvalue weighted by Gasteiger charge is 2.45. The number of hydrogen-bond acceptors (Lipinski definition) is 5. The summed E-state index contributed by atoms with van der Waals surface area (Å²) >= 11 is 0. The van der Waals surface area contributed by atoms with Gasteiger partial charge in [0.05, 0.1) is 0 Å². The van der Waals surface area contributed by atoms with Gasteiger partial charge in [0, 0.05) is 45.8 Å². The van der Waals surface area contributed by atoms with Gasteiger partial charge in [0.15, 0.2) is 0 Å². The molecule has 8 heteroatoms. The van der Waals surface area contributed by atoms with E-state index in [0.29, 0.717) is 17.9 Å². The number of piperidine rings is 1. The summed E-state index contributed by atoms with van der Waals surface area (Å²) < 4.78 is 5.79. The molecule has 0 spiro atoms. The fraction of sp³-hybridized carbons (Fsp3) is 0.444. The van der Waals surface area contributed by atoms with Gasteiger partial charge in [0.25, 0.3) is 5.91 Å². The Labute approximate surface area is 151 Å². The Morgan fingerprint density at radius 2 is 1.81 bits per heavy atom. The number of ether oxygens (including phenoxy) is 1. The van der Waals surface area contributed by atoms with E-state index in [-0.39, 0.29) is 44.2 Å². The molecule has 26 heavy (non-hydrogen) atoms. The van der Waals surface area contributed by atoms with Gasteiger partial charge in [-0.15, -0.1) is 0 Å². The first-order valence-electron chi connectivity index (χ1n) is 8.52. The molecule has 0 atom stereocenters. The molecule has 0 aromatic heterocycles. The molecule has 0 saturated carbocycles. The Hall–Kier alpha value is -2.90. The number of para-hydroxylation sites is 1. The number of aliphatic carboxylic acids is 1. The molecule has 2 heterocycles. The number of benzene rings is 1. The third kappa shape index (κ3) is 3.54. The number of carboxylic acid groups (broad SMARTS) is 1. The van der Waals surface area contributed by atoms with E-state index < -0.39 is 11.6 Å². The number of nitrogens with zero attached hydrogens (tertiary/aromatic N) is 3.